The molecule has 0 aliphatic heterocycles. The molecule has 140 valence electrons. The molecule has 3 aromatic rings. The normalized spacial score (nSPS) is 11.2. The fourth-order valence-electron chi connectivity index (χ4n) is 2.32. The summed E-state index contributed by atoms with van der Waals surface area (Å²) >= 11 is 0. The van der Waals surface area contributed by atoms with Crippen LogP contribution in [-0.4, -0.2) is 33.8 Å². The third kappa shape index (κ3) is 4.84. The van der Waals surface area contributed by atoms with Gasteiger partial charge in [-0.05, 0) is 48.5 Å². The van der Waals surface area contributed by atoms with Crippen LogP contribution in [-0.2, 0) is 6.18 Å². The number of benzene rings is 1. The first-order chi connectivity index (χ1) is 12.9. The number of amides is 1. The summed E-state index contributed by atoms with van der Waals surface area (Å²) in [4.78, 5) is 11.9. The molecule has 1 aromatic carbocycles. The Bertz CT molecular complexity index is 875. The molecular weight excluding hydrogens is 359 g/mol. The average molecular weight is 375 g/mol. The number of carbonyl (C=O) groups excluding carboxylic acids is 1. The van der Waals surface area contributed by atoms with Crippen molar-refractivity contribution in [1.29, 1.82) is 0 Å². The topological polar surface area (TPSA) is 71.8 Å². The standard InChI is InChI=1S/C18H16F3N5O/c19-18(20,21)14-5-3-13(4-6-14)17(27)23-10-9-22-15-7-8-16(25-24-15)26-11-1-2-12-26/h1-8,11-12H,9-10H2,(H,22,24)(H,23,27). The number of hydrogen-bond donors (Lipinski definition) is 2. The highest BCUT2D eigenvalue weighted by Gasteiger charge is 2.30. The van der Waals surface area contributed by atoms with E-state index in [1.807, 2.05) is 29.1 Å². The van der Waals surface area contributed by atoms with E-state index in [0.717, 1.165) is 24.3 Å². The van der Waals surface area contributed by atoms with Gasteiger partial charge in [-0.25, -0.2) is 0 Å². The first-order valence-electron chi connectivity index (χ1n) is 8.10. The molecule has 2 N–H and O–H groups in total. The Hall–Kier alpha value is -3.36. The maximum absolute atomic E-state index is 12.5. The maximum atomic E-state index is 12.5. The van der Waals surface area contributed by atoms with Crippen LogP contribution >= 0.6 is 0 Å². The summed E-state index contributed by atoms with van der Waals surface area (Å²) in [6, 6.07) is 11.4. The molecule has 27 heavy (non-hydrogen) atoms. The lowest BCUT2D eigenvalue weighted by molar-refractivity contribution is -0.137. The SMILES string of the molecule is O=C(NCCNc1ccc(-n2cccc2)nn1)c1ccc(C(F)(F)F)cc1. The molecule has 0 unspecified atom stereocenters. The lowest BCUT2D eigenvalue weighted by atomic mass is 10.1. The van der Waals surface area contributed by atoms with Gasteiger partial charge < -0.3 is 15.2 Å². The van der Waals surface area contributed by atoms with Crippen molar-refractivity contribution in [2.24, 2.45) is 0 Å². The van der Waals surface area contributed by atoms with Gasteiger partial charge in [-0.2, -0.15) is 13.2 Å². The highest BCUT2D eigenvalue weighted by atomic mass is 19.4. The first kappa shape index (κ1) is 18.4. The number of nitrogens with zero attached hydrogens (tertiary/aromatic N) is 3. The average Bonchev–Trinajstić information content (AvgIpc) is 3.20. The molecule has 9 heteroatoms. The highest BCUT2D eigenvalue weighted by Crippen LogP contribution is 2.29. The predicted octanol–water partition coefficient (Wildman–Crippen LogP) is 3.13. The van der Waals surface area contributed by atoms with Crippen LogP contribution in [0.3, 0.4) is 0 Å². The predicted molar refractivity (Wildman–Crippen MR) is 93.6 cm³/mol. The molecular formula is C18H16F3N5O. The van der Waals surface area contributed by atoms with E-state index >= 15 is 0 Å². The number of anilines is 1. The molecule has 0 radical (unpaired) electrons. The second-order valence-corrected chi connectivity index (χ2v) is 5.62. The Morgan fingerprint density at radius 2 is 1.67 bits per heavy atom. The molecule has 0 spiro atoms. The van der Waals surface area contributed by atoms with E-state index in [1.165, 1.54) is 0 Å². The Morgan fingerprint density at radius 3 is 2.26 bits per heavy atom. The van der Waals surface area contributed by atoms with Gasteiger partial charge in [0.05, 0.1) is 5.56 Å². The van der Waals surface area contributed by atoms with Crippen LogP contribution in [0.2, 0.25) is 0 Å². The lowest BCUT2D eigenvalue weighted by Gasteiger charge is -2.09. The van der Waals surface area contributed by atoms with Gasteiger partial charge in [-0.3, -0.25) is 4.79 Å². The van der Waals surface area contributed by atoms with Crippen molar-refractivity contribution in [2.45, 2.75) is 6.18 Å². The minimum atomic E-state index is -4.42. The van der Waals surface area contributed by atoms with Crippen molar-refractivity contribution in [3.05, 3.63) is 72.1 Å². The second-order valence-electron chi connectivity index (χ2n) is 5.62. The smallest absolute Gasteiger partial charge is 0.367 e. The Labute approximate surface area is 153 Å². The number of halogens is 3. The summed E-state index contributed by atoms with van der Waals surface area (Å²) in [6.45, 7) is 0.671. The zero-order chi connectivity index (χ0) is 19.3. The molecule has 2 heterocycles. The molecule has 1 amide bonds. The van der Waals surface area contributed by atoms with Crippen molar-refractivity contribution in [1.82, 2.24) is 20.1 Å². The molecule has 0 bridgehead atoms. The van der Waals surface area contributed by atoms with Gasteiger partial charge in [0.2, 0.25) is 0 Å². The number of hydrogen-bond acceptors (Lipinski definition) is 4. The summed E-state index contributed by atoms with van der Waals surface area (Å²) in [7, 11) is 0. The van der Waals surface area contributed by atoms with Crippen LogP contribution in [0, 0.1) is 0 Å². The van der Waals surface area contributed by atoms with Gasteiger partial charge in [0, 0.05) is 31.0 Å². The molecule has 6 nitrogen and oxygen atoms in total. The Morgan fingerprint density at radius 1 is 0.963 bits per heavy atom. The molecule has 3 rings (SSSR count). The molecule has 2 aromatic heterocycles. The summed E-state index contributed by atoms with van der Waals surface area (Å²) < 4.78 is 39.4. The van der Waals surface area contributed by atoms with Crippen LogP contribution in [0.25, 0.3) is 5.82 Å². The van der Waals surface area contributed by atoms with Gasteiger partial charge in [-0.15, -0.1) is 10.2 Å². The zero-order valence-electron chi connectivity index (χ0n) is 14.1. The second kappa shape index (κ2) is 7.90. The summed E-state index contributed by atoms with van der Waals surface area (Å²) in [5, 5.41) is 13.8. The highest BCUT2D eigenvalue weighted by molar-refractivity contribution is 5.94. The van der Waals surface area contributed by atoms with Crippen LogP contribution in [0.1, 0.15) is 15.9 Å². The van der Waals surface area contributed by atoms with Crippen molar-refractivity contribution in [3.8, 4) is 5.82 Å². The van der Waals surface area contributed by atoms with E-state index in [-0.39, 0.29) is 12.1 Å². The molecule has 0 saturated heterocycles. The van der Waals surface area contributed by atoms with E-state index in [4.69, 9.17) is 0 Å². The maximum Gasteiger partial charge on any atom is 0.416 e. The van der Waals surface area contributed by atoms with Crippen LogP contribution in [0.15, 0.2) is 60.9 Å². The van der Waals surface area contributed by atoms with Crippen molar-refractivity contribution in [3.63, 3.8) is 0 Å². The van der Waals surface area contributed by atoms with E-state index in [1.54, 1.807) is 12.1 Å². The van der Waals surface area contributed by atoms with E-state index in [9.17, 15) is 18.0 Å². The van der Waals surface area contributed by atoms with Crippen molar-refractivity contribution >= 4 is 11.7 Å². The lowest BCUT2D eigenvalue weighted by Crippen LogP contribution is -2.29. The molecule has 0 saturated carbocycles. The Kier molecular flexibility index (Phi) is 5.39. The molecule has 0 aliphatic carbocycles. The van der Waals surface area contributed by atoms with Gasteiger partial charge >= 0.3 is 6.18 Å². The minimum Gasteiger partial charge on any atom is -0.367 e. The zero-order valence-corrected chi connectivity index (χ0v) is 14.1. The fraction of sp³-hybridized carbons (Fsp3) is 0.167. The van der Waals surface area contributed by atoms with Gasteiger partial charge in [0.25, 0.3) is 5.91 Å². The third-order valence-electron chi connectivity index (χ3n) is 3.71. The van der Waals surface area contributed by atoms with E-state index < -0.39 is 17.6 Å². The number of nitrogens with one attached hydrogen (secondary N) is 2. The van der Waals surface area contributed by atoms with Gasteiger partial charge in [-0.1, -0.05) is 0 Å². The van der Waals surface area contributed by atoms with Gasteiger partial charge in [0.1, 0.15) is 5.82 Å². The number of aromatic nitrogens is 3. The van der Waals surface area contributed by atoms with E-state index in [0.29, 0.717) is 18.2 Å². The quantitative estimate of drug-likeness (QED) is 0.650. The van der Waals surface area contributed by atoms with Crippen LogP contribution in [0.5, 0.6) is 0 Å². The number of alkyl halides is 3. The van der Waals surface area contributed by atoms with Crippen molar-refractivity contribution in [2.75, 3.05) is 18.4 Å². The van der Waals surface area contributed by atoms with Crippen molar-refractivity contribution < 1.29 is 18.0 Å². The minimum absolute atomic E-state index is 0.166. The number of carbonyl (C=O) groups is 1. The molecule has 0 atom stereocenters. The van der Waals surface area contributed by atoms with E-state index in [2.05, 4.69) is 20.8 Å². The number of rotatable bonds is 6. The molecule has 0 fully saturated rings. The fourth-order valence-corrected chi connectivity index (χ4v) is 2.32. The Balaban J connectivity index is 1.45. The van der Waals surface area contributed by atoms with Crippen LogP contribution in [0.4, 0.5) is 19.0 Å². The third-order valence-corrected chi connectivity index (χ3v) is 3.71. The largest absolute Gasteiger partial charge is 0.416 e. The summed E-state index contributed by atoms with van der Waals surface area (Å²) in [5.74, 6) is 0.787. The first-order valence-corrected chi connectivity index (χ1v) is 8.10. The summed E-state index contributed by atoms with van der Waals surface area (Å²) in [6.07, 6.45) is -0.710. The van der Waals surface area contributed by atoms with Gasteiger partial charge in [0.15, 0.2) is 5.82 Å². The monoisotopic (exact) mass is 375 g/mol. The summed E-state index contributed by atoms with van der Waals surface area (Å²) in [5.41, 5.74) is -0.624. The van der Waals surface area contributed by atoms with Crippen LogP contribution < -0.4 is 10.6 Å². The molecule has 0 aliphatic rings.